The van der Waals surface area contributed by atoms with E-state index in [1.54, 1.807) is 16.7 Å². The number of ether oxygens (including phenoxy) is 1. The Bertz CT molecular complexity index is 1480. The van der Waals surface area contributed by atoms with Gasteiger partial charge in [-0.25, -0.2) is 14.4 Å². The van der Waals surface area contributed by atoms with Gasteiger partial charge in [-0.3, -0.25) is 0 Å². The van der Waals surface area contributed by atoms with Gasteiger partial charge in [-0.05, 0) is 36.4 Å². The summed E-state index contributed by atoms with van der Waals surface area (Å²) in [5, 5.41) is 14.5. The number of nitrogens with one attached hydrogen (secondary N) is 2. The highest BCUT2D eigenvalue weighted by molar-refractivity contribution is 5.89. The summed E-state index contributed by atoms with van der Waals surface area (Å²) in [5.74, 6) is 0.786. The number of hydrogen-bond donors (Lipinski definition) is 2. The van der Waals surface area contributed by atoms with Crippen LogP contribution in [0.5, 0.6) is 5.75 Å². The van der Waals surface area contributed by atoms with Crippen LogP contribution in [0.2, 0.25) is 0 Å². The highest BCUT2D eigenvalue weighted by Crippen LogP contribution is 2.31. The van der Waals surface area contributed by atoms with E-state index in [-0.39, 0.29) is 0 Å². The molecular weight excluding hydrogens is 407 g/mol. The number of aromatic nitrogens is 4. The summed E-state index contributed by atoms with van der Waals surface area (Å²) in [4.78, 5) is 11.9. The van der Waals surface area contributed by atoms with Gasteiger partial charge < -0.3 is 19.6 Å². The number of halogens is 1. The summed E-state index contributed by atoms with van der Waals surface area (Å²) in [7, 11) is 1.53. The number of aromatic amines is 1. The number of hydrogen-bond acceptors (Lipinski definition) is 5. The first kappa shape index (κ1) is 19.6. The maximum absolute atomic E-state index is 14.6. The van der Waals surface area contributed by atoms with Crippen molar-refractivity contribution in [3.63, 3.8) is 0 Å². The molecule has 0 atom stereocenters. The lowest BCUT2D eigenvalue weighted by Gasteiger charge is -2.11. The molecular formula is C24H19FN6O. The molecule has 0 spiro atoms. The number of methoxy groups -OCH3 is 1. The van der Waals surface area contributed by atoms with E-state index < -0.39 is 5.82 Å². The molecule has 5 aromatic rings. The van der Waals surface area contributed by atoms with Gasteiger partial charge >= 0.3 is 0 Å². The molecule has 5 rings (SSSR count). The standard InChI is InChI=1S/C24H19FN6O/c1-32-22-5-3-19(25)24-18(22)11-17(13-26)31(24)9-8-28-23-12-21(29-14-30-23)15-2-4-20-16(10-15)6-7-27-20/h2-7,10-12,14,27H,8-9H2,1H3,(H,28,29,30). The first-order valence-corrected chi connectivity index (χ1v) is 10.1. The lowest BCUT2D eigenvalue weighted by Crippen LogP contribution is -2.13. The maximum Gasteiger partial charge on any atom is 0.147 e. The molecule has 3 aromatic heterocycles. The molecule has 158 valence electrons. The molecule has 2 N–H and O–H groups in total. The summed E-state index contributed by atoms with van der Waals surface area (Å²) in [6.07, 6.45) is 3.41. The Kier molecular flexibility index (Phi) is 4.92. The Morgan fingerprint density at radius 3 is 2.91 bits per heavy atom. The number of benzene rings is 2. The van der Waals surface area contributed by atoms with Crippen LogP contribution in [-0.4, -0.2) is 33.2 Å². The minimum absolute atomic E-state index is 0.353. The molecule has 0 saturated heterocycles. The Balaban J connectivity index is 1.38. The first-order chi connectivity index (χ1) is 15.7. The molecule has 0 amide bonds. The number of fused-ring (bicyclic) bond motifs is 2. The Hall–Kier alpha value is -4.38. The van der Waals surface area contributed by atoms with Crippen LogP contribution in [0.4, 0.5) is 10.2 Å². The van der Waals surface area contributed by atoms with Crippen molar-refractivity contribution in [2.24, 2.45) is 0 Å². The average molecular weight is 426 g/mol. The summed E-state index contributed by atoms with van der Waals surface area (Å²) >= 11 is 0. The monoisotopic (exact) mass is 426 g/mol. The molecule has 32 heavy (non-hydrogen) atoms. The molecule has 0 aliphatic carbocycles. The molecule has 0 saturated carbocycles. The predicted octanol–water partition coefficient (Wildman–Crippen LogP) is 4.71. The minimum atomic E-state index is -0.397. The van der Waals surface area contributed by atoms with Crippen LogP contribution in [0.15, 0.2) is 61.1 Å². The zero-order chi connectivity index (χ0) is 22.1. The van der Waals surface area contributed by atoms with Crippen molar-refractivity contribution >= 4 is 27.6 Å². The molecule has 0 aliphatic heterocycles. The second-order valence-electron chi connectivity index (χ2n) is 7.30. The highest BCUT2D eigenvalue weighted by atomic mass is 19.1. The fourth-order valence-electron chi connectivity index (χ4n) is 3.93. The summed E-state index contributed by atoms with van der Waals surface area (Å²) in [5.41, 5.74) is 3.57. The number of nitrogens with zero attached hydrogens (tertiary/aromatic N) is 4. The second kappa shape index (κ2) is 8.04. The van der Waals surface area contributed by atoms with Crippen molar-refractivity contribution < 1.29 is 9.13 Å². The molecule has 0 bridgehead atoms. The van der Waals surface area contributed by atoms with Gasteiger partial charge in [-0.1, -0.05) is 6.07 Å². The zero-order valence-corrected chi connectivity index (χ0v) is 17.3. The molecule has 0 unspecified atom stereocenters. The molecule has 0 aliphatic rings. The molecule has 0 radical (unpaired) electrons. The van der Waals surface area contributed by atoms with Gasteiger partial charge in [0.2, 0.25) is 0 Å². The molecule has 3 heterocycles. The summed E-state index contributed by atoms with van der Waals surface area (Å²) in [6, 6.07) is 16.7. The van der Waals surface area contributed by atoms with Gasteiger partial charge in [0.15, 0.2) is 0 Å². The zero-order valence-electron chi connectivity index (χ0n) is 17.3. The lowest BCUT2D eigenvalue weighted by atomic mass is 10.1. The highest BCUT2D eigenvalue weighted by Gasteiger charge is 2.16. The van der Waals surface area contributed by atoms with Crippen molar-refractivity contribution in [1.82, 2.24) is 19.5 Å². The largest absolute Gasteiger partial charge is 0.496 e. The third kappa shape index (κ3) is 3.40. The van der Waals surface area contributed by atoms with Crippen LogP contribution in [-0.2, 0) is 6.54 Å². The number of nitriles is 1. The number of anilines is 1. The fourth-order valence-corrected chi connectivity index (χ4v) is 3.93. The molecule has 2 aromatic carbocycles. The van der Waals surface area contributed by atoms with Crippen molar-refractivity contribution in [3.8, 4) is 23.1 Å². The topological polar surface area (TPSA) is 91.5 Å². The van der Waals surface area contributed by atoms with Gasteiger partial charge in [0.25, 0.3) is 0 Å². The Morgan fingerprint density at radius 1 is 1.16 bits per heavy atom. The van der Waals surface area contributed by atoms with Crippen LogP contribution in [0.25, 0.3) is 33.1 Å². The predicted molar refractivity (Wildman–Crippen MR) is 121 cm³/mol. The van der Waals surface area contributed by atoms with Gasteiger partial charge in [-0.15, -0.1) is 0 Å². The Labute approximate surface area is 183 Å². The van der Waals surface area contributed by atoms with E-state index in [1.807, 2.05) is 30.5 Å². The van der Waals surface area contributed by atoms with E-state index >= 15 is 0 Å². The average Bonchev–Trinajstić information content (AvgIpc) is 3.44. The normalized spacial score (nSPS) is 11.0. The SMILES string of the molecule is COc1ccc(F)c2c1cc(C#N)n2CCNc1cc(-c2ccc3[nH]ccc3c2)ncn1. The van der Waals surface area contributed by atoms with E-state index in [0.29, 0.717) is 41.3 Å². The van der Waals surface area contributed by atoms with Crippen LogP contribution in [0.3, 0.4) is 0 Å². The van der Waals surface area contributed by atoms with E-state index in [2.05, 4.69) is 32.4 Å². The fraction of sp³-hybridized carbons (Fsp3) is 0.125. The van der Waals surface area contributed by atoms with Crippen LogP contribution in [0.1, 0.15) is 5.69 Å². The van der Waals surface area contributed by atoms with Crippen molar-refractivity contribution in [1.29, 1.82) is 5.26 Å². The van der Waals surface area contributed by atoms with Crippen LogP contribution < -0.4 is 10.1 Å². The number of H-pyrrole nitrogens is 1. The first-order valence-electron chi connectivity index (χ1n) is 10.1. The van der Waals surface area contributed by atoms with E-state index in [9.17, 15) is 9.65 Å². The summed E-state index contributed by atoms with van der Waals surface area (Å²) < 4.78 is 21.5. The maximum atomic E-state index is 14.6. The summed E-state index contributed by atoms with van der Waals surface area (Å²) in [6.45, 7) is 0.827. The number of rotatable bonds is 6. The van der Waals surface area contributed by atoms with E-state index in [4.69, 9.17) is 4.74 Å². The smallest absolute Gasteiger partial charge is 0.147 e. The second-order valence-corrected chi connectivity index (χ2v) is 7.30. The lowest BCUT2D eigenvalue weighted by molar-refractivity contribution is 0.419. The third-order valence-corrected chi connectivity index (χ3v) is 5.46. The van der Waals surface area contributed by atoms with Crippen molar-refractivity contribution in [3.05, 3.63) is 72.6 Å². The van der Waals surface area contributed by atoms with E-state index in [0.717, 1.165) is 22.2 Å². The van der Waals surface area contributed by atoms with E-state index in [1.165, 1.54) is 19.5 Å². The van der Waals surface area contributed by atoms with Crippen LogP contribution in [0, 0.1) is 17.1 Å². The van der Waals surface area contributed by atoms with Crippen molar-refractivity contribution in [2.45, 2.75) is 6.54 Å². The molecule has 0 fully saturated rings. The van der Waals surface area contributed by atoms with Gasteiger partial charge in [0.1, 0.15) is 35.5 Å². The van der Waals surface area contributed by atoms with Crippen LogP contribution >= 0.6 is 0 Å². The van der Waals surface area contributed by atoms with Gasteiger partial charge in [0, 0.05) is 47.2 Å². The molecule has 7 nitrogen and oxygen atoms in total. The van der Waals surface area contributed by atoms with Gasteiger partial charge in [0.05, 0.1) is 18.3 Å². The van der Waals surface area contributed by atoms with Crippen molar-refractivity contribution in [2.75, 3.05) is 19.0 Å². The third-order valence-electron chi connectivity index (χ3n) is 5.46. The minimum Gasteiger partial charge on any atom is -0.496 e. The molecule has 8 heteroatoms. The quantitative estimate of drug-likeness (QED) is 0.410. The Morgan fingerprint density at radius 2 is 2.06 bits per heavy atom. The van der Waals surface area contributed by atoms with Gasteiger partial charge in [-0.2, -0.15) is 5.26 Å².